The minimum absolute atomic E-state index is 0.0353. The van der Waals surface area contributed by atoms with E-state index in [2.05, 4.69) is 36.7 Å². The zero-order chi connectivity index (χ0) is 22.2. The summed E-state index contributed by atoms with van der Waals surface area (Å²) in [5, 5.41) is 15.7. The quantitative estimate of drug-likeness (QED) is 0.584. The molecule has 2 amide bonds. The molecular weight excluding hydrogens is 474 g/mol. The topological polar surface area (TPSA) is 97.9 Å². The van der Waals surface area contributed by atoms with Gasteiger partial charge in [-0.05, 0) is 49.9 Å². The van der Waals surface area contributed by atoms with Crippen molar-refractivity contribution in [1.29, 1.82) is 0 Å². The number of halogens is 1. The molecule has 2 aliphatic rings. The molecule has 0 atom stereocenters. The van der Waals surface area contributed by atoms with E-state index in [-0.39, 0.29) is 17.9 Å². The molecule has 9 nitrogen and oxygen atoms in total. The molecule has 3 heterocycles. The normalized spacial score (nSPS) is 16.9. The number of hydrogen-bond acceptors (Lipinski definition) is 5. The Balaban J connectivity index is 1.26. The number of carbonyl (C=O) groups excluding carboxylic acids is 2. The van der Waals surface area contributed by atoms with Crippen LogP contribution in [-0.4, -0.2) is 60.6 Å². The van der Waals surface area contributed by atoms with Gasteiger partial charge in [0.1, 0.15) is 0 Å². The molecule has 1 aliphatic heterocycles. The van der Waals surface area contributed by atoms with E-state index in [0.717, 1.165) is 28.7 Å². The van der Waals surface area contributed by atoms with Crippen LogP contribution < -0.4 is 5.32 Å². The van der Waals surface area contributed by atoms with Crippen LogP contribution in [0.2, 0.25) is 0 Å². The third kappa shape index (κ3) is 4.19. The van der Waals surface area contributed by atoms with Crippen molar-refractivity contribution >= 4 is 27.7 Å². The molecule has 2 aromatic heterocycles. The third-order valence-electron chi connectivity index (χ3n) is 6.03. The summed E-state index contributed by atoms with van der Waals surface area (Å²) in [6, 6.07) is 7.89. The van der Waals surface area contributed by atoms with Gasteiger partial charge in [-0.15, -0.1) is 5.10 Å². The maximum atomic E-state index is 13.3. The van der Waals surface area contributed by atoms with Gasteiger partial charge in [0.25, 0.3) is 11.8 Å². The van der Waals surface area contributed by atoms with Crippen molar-refractivity contribution in [2.24, 2.45) is 7.05 Å². The first-order chi connectivity index (χ1) is 15.5. The van der Waals surface area contributed by atoms with E-state index in [1.165, 1.54) is 0 Å². The second-order valence-corrected chi connectivity index (χ2v) is 9.34. The van der Waals surface area contributed by atoms with Gasteiger partial charge in [0.2, 0.25) is 0 Å². The fourth-order valence-corrected chi connectivity index (χ4v) is 4.39. The Morgan fingerprint density at radius 1 is 1.09 bits per heavy atom. The number of aryl methyl sites for hydroxylation is 1. The van der Waals surface area contributed by atoms with Crippen LogP contribution >= 0.6 is 15.9 Å². The maximum Gasteiger partial charge on any atom is 0.276 e. The summed E-state index contributed by atoms with van der Waals surface area (Å²) in [5.74, 6) is 0.118. The van der Waals surface area contributed by atoms with E-state index in [1.807, 2.05) is 29.2 Å². The van der Waals surface area contributed by atoms with E-state index in [0.29, 0.717) is 43.1 Å². The highest BCUT2D eigenvalue weighted by molar-refractivity contribution is 9.10. The standard InChI is InChI=1S/C22H24BrN7O2/c1-28-13-15(12-24-28)21(31)25-17-8-10-29(11-9-17)22(32)19-20(14-2-3-14)30(27-26-19)18-6-4-16(23)5-7-18/h4-7,12-14,17H,2-3,8-11H2,1H3,(H,25,31). The van der Waals surface area contributed by atoms with Gasteiger partial charge >= 0.3 is 0 Å². The van der Waals surface area contributed by atoms with Crippen molar-refractivity contribution in [2.75, 3.05) is 13.1 Å². The monoisotopic (exact) mass is 497 g/mol. The summed E-state index contributed by atoms with van der Waals surface area (Å²) in [4.78, 5) is 27.5. The Morgan fingerprint density at radius 2 is 1.81 bits per heavy atom. The minimum Gasteiger partial charge on any atom is -0.349 e. The largest absolute Gasteiger partial charge is 0.349 e. The average Bonchev–Trinajstić information content (AvgIpc) is 3.38. The molecule has 2 fully saturated rings. The number of benzene rings is 1. The molecule has 0 unspecified atom stereocenters. The average molecular weight is 498 g/mol. The number of rotatable bonds is 5. The third-order valence-corrected chi connectivity index (χ3v) is 6.56. The zero-order valence-electron chi connectivity index (χ0n) is 17.7. The molecule has 5 rings (SSSR count). The van der Waals surface area contributed by atoms with Gasteiger partial charge < -0.3 is 10.2 Å². The fourth-order valence-electron chi connectivity index (χ4n) is 4.12. The molecular formula is C22H24BrN7O2. The highest BCUT2D eigenvalue weighted by Crippen LogP contribution is 2.42. The molecule has 1 saturated heterocycles. The predicted octanol–water partition coefficient (Wildman–Crippen LogP) is 2.68. The summed E-state index contributed by atoms with van der Waals surface area (Å²) in [6.07, 6.45) is 6.76. The van der Waals surface area contributed by atoms with Crippen molar-refractivity contribution < 1.29 is 9.59 Å². The highest BCUT2D eigenvalue weighted by Gasteiger charge is 2.36. The summed E-state index contributed by atoms with van der Waals surface area (Å²) >= 11 is 3.46. The molecule has 3 aromatic rings. The number of amides is 2. The molecule has 1 aliphatic carbocycles. The van der Waals surface area contributed by atoms with Crippen molar-refractivity contribution in [3.63, 3.8) is 0 Å². The van der Waals surface area contributed by atoms with Gasteiger partial charge in [0.15, 0.2) is 5.69 Å². The van der Waals surface area contributed by atoms with E-state index >= 15 is 0 Å². The number of piperidine rings is 1. The van der Waals surface area contributed by atoms with Crippen LogP contribution in [0.3, 0.4) is 0 Å². The van der Waals surface area contributed by atoms with Crippen molar-refractivity contribution in [3.05, 3.63) is 58.1 Å². The Hall–Kier alpha value is -3.01. The van der Waals surface area contributed by atoms with Crippen molar-refractivity contribution in [1.82, 2.24) is 35.0 Å². The summed E-state index contributed by atoms with van der Waals surface area (Å²) in [6.45, 7) is 1.15. The Labute approximate surface area is 193 Å². The van der Waals surface area contributed by atoms with Gasteiger partial charge in [0, 0.05) is 42.8 Å². The first-order valence-corrected chi connectivity index (χ1v) is 11.6. The molecule has 1 saturated carbocycles. The fraction of sp³-hybridized carbons (Fsp3) is 0.409. The van der Waals surface area contributed by atoms with Gasteiger partial charge in [0.05, 0.1) is 23.1 Å². The number of likely N-dealkylation sites (tertiary alicyclic amines) is 1. The summed E-state index contributed by atoms with van der Waals surface area (Å²) < 4.78 is 4.40. The Kier molecular flexibility index (Phi) is 5.54. The second kappa shape index (κ2) is 8.50. The molecule has 0 radical (unpaired) electrons. The van der Waals surface area contributed by atoms with Crippen LogP contribution in [0.1, 0.15) is 58.1 Å². The molecule has 0 bridgehead atoms. The van der Waals surface area contributed by atoms with Crippen LogP contribution in [0.5, 0.6) is 0 Å². The summed E-state index contributed by atoms with van der Waals surface area (Å²) in [5.41, 5.74) is 2.81. The summed E-state index contributed by atoms with van der Waals surface area (Å²) in [7, 11) is 1.78. The van der Waals surface area contributed by atoms with Gasteiger partial charge in [-0.1, -0.05) is 21.1 Å². The van der Waals surface area contributed by atoms with E-state index in [1.54, 1.807) is 28.8 Å². The van der Waals surface area contributed by atoms with Crippen LogP contribution in [0, 0.1) is 0 Å². The first-order valence-electron chi connectivity index (χ1n) is 10.8. The smallest absolute Gasteiger partial charge is 0.276 e. The van der Waals surface area contributed by atoms with Gasteiger partial charge in [-0.3, -0.25) is 14.3 Å². The molecule has 32 heavy (non-hydrogen) atoms. The van der Waals surface area contributed by atoms with E-state index < -0.39 is 0 Å². The number of aromatic nitrogens is 5. The molecule has 1 N–H and O–H groups in total. The van der Waals surface area contributed by atoms with Crippen LogP contribution in [0.15, 0.2) is 41.1 Å². The Morgan fingerprint density at radius 3 is 2.44 bits per heavy atom. The lowest BCUT2D eigenvalue weighted by atomic mass is 10.0. The van der Waals surface area contributed by atoms with Crippen LogP contribution in [0.25, 0.3) is 5.69 Å². The lowest BCUT2D eigenvalue weighted by molar-refractivity contribution is 0.0691. The number of carbonyl (C=O) groups is 2. The molecule has 166 valence electrons. The lowest BCUT2D eigenvalue weighted by Gasteiger charge is -2.32. The maximum absolute atomic E-state index is 13.3. The van der Waals surface area contributed by atoms with Gasteiger partial charge in [-0.25, -0.2) is 4.68 Å². The SMILES string of the molecule is Cn1cc(C(=O)NC2CCN(C(=O)c3nnn(-c4ccc(Br)cc4)c3C3CC3)CC2)cn1. The van der Waals surface area contributed by atoms with Crippen LogP contribution in [0.4, 0.5) is 0 Å². The minimum atomic E-state index is -0.128. The van der Waals surface area contributed by atoms with Crippen LogP contribution in [-0.2, 0) is 7.05 Å². The van der Waals surface area contributed by atoms with Crippen molar-refractivity contribution in [2.45, 2.75) is 37.6 Å². The highest BCUT2D eigenvalue weighted by atomic mass is 79.9. The van der Waals surface area contributed by atoms with E-state index in [9.17, 15) is 9.59 Å². The number of nitrogens with one attached hydrogen (secondary N) is 1. The zero-order valence-corrected chi connectivity index (χ0v) is 19.3. The van der Waals surface area contributed by atoms with Crippen molar-refractivity contribution in [3.8, 4) is 5.69 Å². The predicted molar refractivity (Wildman–Crippen MR) is 121 cm³/mol. The molecule has 1 aromatic carbocycles. The van der Waals surface area contributed by atoms with Gasteiger partial charge in [-0.2, -0.15) is 5.10 Å². The molecule has 0 spiro atoms. The lowest BCUT2D eigenvalue weighted by Crippen LogP contribution is -2.46. The number of hydrogen-bond donors (Lipinski definition) is 1. The van der Waals surface area contributed by atoms with E-state index in [4.69, 9.17) is 0 Å². The molecule has 10 heteroatoms. The Bertz CT molecular complexity index is 1140. The number of nitrogens with zero attached hydrogens (tertiary/aromatic N) is 6. The second-order valence-electron chi connectivity index (χ2n) is 8.43. The first kappa shape index (κ1) is 20.9.